The topological polar surface area (TPSA) is 93.4 Å². The number of benzene rings is 1. The van der Waals surface area contributed by atoms with Gasteiger partial charge in [0.15, 0.2) is 0 Å². The Morgan fingerprint density at radius 3 is 2.56 bits per heavy atom. The lowest BCUT2D eigenvalue weighted by Crippen LogP contribution is -2.53. The van der Waals surface area contributed by atoms with E-state index in [1.165, 1.54) is 6.07 Å². The summed E-state index contributed by atoms with van der Waals surface area (Å²) >= 11 is 13.0. The molecule has 0 aromatic heterocycles. The molecule has 1 unspecified atom stereocenters. The lowest BCUT2D eigenvalue weighted by Gasteiger charge is -2.42. The number of aliphatic carboxylic acids is 1. The summed E-state index contributed by atoms with van der Waals surface area (Å²) in [5.41, 5.74) is 0.691. The first-order chi connectivity index (χ1) is 19.3. The highest BCUT2D eigenvalue weighted by Gasteiger charge is 2.61. The van der Waals surface area contributed by atoms with Crippen LogP contribution in [0.25, 0.3) is 0 Å². The number of urea groups is 1. The minimum Gasteiger partial charge on any atom is -0.478 e. The molecule has 218 valence electrons. The third-order valence-corrected chi connectivity index (χ3v) is 9.18. The van der Waals surface area contributed by atoms with Gasteiger partial charge < -0.3 is 15.3 Å². The van der Waals surface area contributed by atoms with Gasteiger partial charge in [0.2, 0.25) is 0 Å². The molecular formula is C32H36Cl2FN3O3. The van der Waals surface area contributed by atoms with E-state index < -0.39 is 29.2 Å². The van der Waals surface area contributed by atoms with E-state index in [0.717, 1.165) is 11.1 Å². The van der Waals surface area contributed by atoms with Gasteiger partial charge in [-0.2, -0.15) is 5.26 Å². The fourth-order valence-electron chi connectivity index (χ4n) is 6.54. The van der Waals surface area contributed by atoms with Crippen LogP contribution < -0.4 is 5.32 Å². The monoisotopic (exact) mass is 599 g/mol. The van der Waals surface area contributed by atoms with Crippen LogP contribution in [0.4, 0.5) is 9.18 Å². The van der Waals surface area contributed by atoms with Crippen molar-refractivity contribution in [2.45, 2.75) is 64.8 Å². The van der Waals surface area contributed by atoms with Crippen molar-refractivity contribution in [1.82, 2.24) is 10.2 Å². The van der Waals surface area contributed by atoms with Gasteiger partial charge in [0.25, 0.3) is 0 Å². The molecule has 0 radical (unpaired) electrons. The van der Waals surface area contributed by atoms with Crippen LogP contribution in [-0.2, 0) is 10.2 Å². The van der Waals surface area contributed by atoms with Gasteiger partial charge in [-0.05, 0) is 55.7 Å². The first-order valence-corrected chi connectivity index (χ1v) is 14.6. The average Bonchev–Trinajstić information content (AvgIpc) is 3.22. The molecular weight excluding hydrogens is 564 g/mol. The third kappa shape index (κ3) is 6.24. The molecule has 41 heavy (non-hydrogen) atoms. The van der Waals surface area contributed by atoms with Crippen LogP contribution in [-0.4, -0.2) is 41.1 Å². The number of likely N-dealkylation sites (tertiary alicyclic amines) is 1. The van der Waals surface area contributed by atoms with Crippen molar-refractivity contribution >= 4 is 35.2 Å². The quantitative estimate of drug-likeness (QED) is 0.354. The van der Waals surface area contributed by atoms with Crippen molar-refractivity contribution in [3.05, 3.63) is 80.7 Å². The average molecular weight is 601 g/mol. The molecule has 3 aliphatic rings. The number of hydrogen-bond acceptors (Lipinski definition) is 3. The Labute approximate surface area is 251 Å². The van der Waals surface area contributed by atoms with Gasteiger partial charge in [-0.3, -0.25) is 0 Å². The normalized spacial score (nSPS) is 26.4. The fourth-order valence-corrected chi connectivity index (χ4v) is 6.97. The molecule has 1 aromatic carbocycles. The summed E-state index contributed by atoms with van der Waals surface area (Å²) in [6.07, 6.45) is 9.19. The van der Waals surface area contributed by atoms with Crippen LogP contribution in [0.5, 0.6) is 0 Å². The Bertz CT molecular complexity index is 1400. The van der Waals surface area contributed by atoms with E-state index in [2.05, 4.69) is 32.2 Å². The first-order valence-electron chi connectivity index (χ1n) is 13.8. The number of amides is 2. The summed E-state index contributed by atoms with van der Waals surface area (Å²) in [4.78, 5) is 26.9. The van der Waals surface area contributed by atoms with Crippen LogP contribution in [0.1, 0.15) is 58.9 Å². The second-order valence-electron chi connectivity index (χ2n) is 12.4. The number of carboxylic acid groups (broad SMARTS) is 1. The molecule has 0 spiro atoms. The Morgan fingerprint density at radius 1 is 1.24 bits per heavy atom. The number of halogens is 3. The largest absolute Gasteiger partial charge is 0.478 e. The number of carbonyl (C=O) groups is 2. The fraction of sp³-hybridized carbons (Fsp3) is 0.469. The van der Waals surface area contributed by atoms with E-state index in [4.69, 9.17) is 23.2 Å². The van der Waals surface area contributed by atoms with Gasteiger partial charge in [0.05, 0.1) is 12.1 Å². The summed E-state index contributed by atoms with van der Waals surface area (Å²) in [5, 5.41) is 24.1. The molecule has 2 aliphatic carbocycles. The highest BCUT2D eigenvalue weighted by molar-refractivity contribution is 6.31. The molecule has 1 fully saturated rings. The number of carbonyl (C=O) groups excluding carboxylic acids is 1. The van der Waals surface area contributed by atoms with E-state index in [1.54, 1.807) is 29.2 Å². The number of nitrogens with zero attached hydrogens (tertiary/aromatic N) is 2. The highest BCUT2D eigenvalue weighted by Crippen LogP contribution is 2.54. The number of allylic oxidation sites excluding steroid dienone is 5. The van der Waals surface area contributed by atoms with Crippen LogP contribution in [0, 0.1) is 34.4 Å². The predicted octanol–water partition coefficient (Wildman–Crippen LogP) is 7.51. The molecule has 6 nitrogen and oxygen atoms in total. The first kappa shape index (κ1) is 30.9. The Morgan fingerprint density at radius 2 is 1.98 bits per heavy atom. The van der Waals surface area contributed by atoms with Crippen molar-refractivity contribution in [3.8, 4) is 6.07 Å². The molecule has 1 saturated heterocycles. The van der Waals surface area contributed by atoms with Gasteiger partial charge in [-0.25, -0.2) is 14.0 Å². The molecule has 1 aliphatic heterocycles. The van der Waals surface area contributed by atoms with E-state index in [1.807, 2.05) is 19.1 Å². The molecule has 2 N–H and O–H groups in total. The Balaban J connectivity index is 1.80. The van der Waals surface area contributed by atoms with E-state index in [9.17, 15) is 20.0 Å². The number of nitrogens with one attached hydrogen (secondary N) is 1. The summed E-state index contributed by atoms with van der Waals surface area (Å²) < 4.78 is 15.8. The molecule has 4 rings (SSSR count). The summed E-state index contributed by atoms with van der Waals surface area (Å²) in [7, 11) is 0. The van der Waals surface area contributed by atoms with Crippen LogP contribution >= 0.6 is 23.2 Å². The summed E-state index contributed by atoms with van der Waals surface area (Å²) in [5.74, 6) is -2.33. The molecule has 4 atom stereocenters. The van der Waals surface area contributed by atoms with Gasteiger partial charge in [0, 0.05) is 46.1 Å². The van der Waals surface area contributed by atoms with Crippen molar-refractivity contribution in [3.63, 3.8) is 0 Å². The maximum Gasteiger partial charge on any atom is 0.331 e. The zero-order valence-electron chi connectivity index (χ0n) is 23.8. The summed E-state index contributed by atoms with van der Waals surface area (Å²) in [6.45, 7) is 8.58. The van der Waals surface area contributed by atoms with Crippen LogP contribution in [0.15, 0.2) is 64.3 Å². The SMILES string of the molecule is CC1=C(Cl)C([C@H]2N(C(=O)NCC3=CC=C(C(=O)O)CC3)C[C@@H](CC(C)(C)C)[C@]2(C#N)c2ccc(Cl)cc2F)CC=C1. The van der Waals surface area contributed by atoms with Gasteiger partial charge >= 0.3 is 12.0 Å². The van der Waals surface area contributed by atoms with E-state index in [-0.39, 0.29) is 41.0 Å². The zero-order valence-corrected chi connectivity index (χ0v) is 25.3. The Hall–Kier alpha value is -3.08. The third-order valence-electron chi connectivity index (χ3n) is 8.36. The van der Waals surface area contributed by atoms with Crippen molar-refractivity contribution in [2.75, 3.05) is 13.1 Å². The second kappa shape index (κ2) is 12.0. The molecule has 0 saturated carbocycles. The van der Waals surface area contributed by atoms with Crippen molar-refractivity contribution < 1.29 is 19.1 Å². The Kier molecular flexibility index (Phi) is 9.06. The zero-order chi connectivity index (χ0) is 30.1. The van der Waals surface area contributed by atoms with Crippen molar-refractivity contribution in [2.24, 2.45) is 17.3 Å². The highest BCUT2D eigenvalue weighted by atomic mass is 35.5. The van der Waals surface area contributed by atoms with Gasteiger partial charge in [-0.15, -0.1) is 0 Å². The molecule has 9 heteroatoms. The predicted molar refractivity (Wildman–Crippen MR) is 159 cm³/mol. The molecule has 2 amide bonds. The van der Waals surface area contributed by atoms with Crippen LogP contribution in [0.3, 0.4) is 0 Å². The number of rotatable bonds is 6. The van der Waals surface area contributed by atoms with Crippen molar-refractivity contribution in [1.29, 1.82) is 5.26 Å². The maximum absolute atomic E-state index is 15.8. The number of carboxylic acids is 1. The minimum absolute atomic E-state index is 0.212. The number of hydrogen-bond donors (Lipinski definition) is 2. The van der Waals surface area contributed by atoms with Gasteiger partial charge in [-0.1, -0.05) is 79.9 Å². The summed E-state index contributed by atoms with van der Waals surface area (Å²) in [6, 6.07) is 5.80. The maximum atomic E-state index is 15.8. The van der Waals surface area contributed by atoms with Gasteiger partial charge in [0.1, 0.15) is 11.2 Å². The molecule has 0 bridgehead atoms. The van der Waals surface area contributed by atoms with Crippen LogP contribution in [0.2, 0.25) is 5.02 Å². The molecule has 1 heterocycles. The minimum atomic E-state index is -1.39. The second-order valence-corrected chi connectivity index (χ2v) is 13.3. The lowest BCUT2D eigenvalue weighted by atomic mass is 9.61. The standard InChI is InChI=1S/C32H36Cl2FN3O3/c1-19-6-5-7-24(27(19)34)28-32(18-36,25-13-12-23(33)14-26(25)35)22(15-31(2,3)4)17-38(28)30(41)37-16-20-8-10-21(11-9-20)29(39)40/h5-6,8,10,12-14,22,24,28H,7,9,11,15-17H2,1-4H3,(H,37,41)(H,39,40)/t22-,24?,28-,32-/m1/s1. The smallest absolute Gasteiger partial charge is 0.331 e. The number of nitriles is 1. The molecule has 1 aromatic rings. The van der Waals surface area contributed by atoms with E-state index in [0.29, 0.717) is 36.3 Å². The van der Waals surface area contributed by atoms with E-state index >= 15 is 4.39 Å². The lowest BCUT2D eigenvalue weighted by molar-refractivity contribution is -0.132.